The van der Waals surface area contributed by atoms with Gasteiger partial charge in [-0.25, -0.2) is 0 Å². The van der Waals surface area contributed by atoms with Crippen molar-refractivity contribution >= 4 is 0 Å². The molecule has 1 aromatic rings. The van der Waals surface area contributed by atoms with Gasteiger partial charge in [0.2, 0.25) is 0 Å². The van der Waals surface area contributed by atoms with Gasteiger partial charge in [0.15, 0.2) is 0 Å². The Labute approximate surface area is 136 Å². The summed E-state index contributed by atoms with van der Waals surface area (Å²) >= 11 is 0. The van der Waals surface area contributed by atoms with Gasteiger partial charge in [0.25, 0.3) is 0 Å². The minimum absolute atomic E-state index is 0.0201. The van der Waals surface area contributed by atoms with E-state index in [9.17, 15) is 0 Å². The number of hydrogen-bond donors (Lipinski definition) is 1. The first-order valence-electron chi connectivity index (χ1n) is 9.11. The summed E-state index contributed by atoms with van der Waals surface area (Å²) in [5, 5.41) is 3.80. The van der Waals surface area contributed by atoms with E-state index in [1.807, 2.05) is 0 Å². The Balaban J connectivity index is 2.16. The molecule has 2 rings (SSSR count). The van der Waals surface area contributed by atoms with E-state index in [0.717, 1.165) is 25.5 Å². The molecule has 0 aliphatic heterocycles. The zero-order valence-electron chi connectivity index (χ0n) is 14.6. The summed E-state index contributed by atoms with van der Waals surface area (Å²) in [7, 11) is 0. The molecule has 1 aliphatic rings. The van der Waals surface area contributed by atoms with Crippen LogP contribution in [0.15, 0.2) is 30.3 Å². The van der Waals surface area contributed by atoms with E-state index in [2.05, 4.69) is 56.4 Å². The third-order valence-corrected chi connectivity index (χ3v) is 5.11. The van der Waals surface area contributed by atoms with Gasteiger partial charge >= 0.3 is 0 Å². The molecule has 1 N–H and O–H groups in total. The number of ether oxygens (including phenoxy) is 1. The van der Waals surface area contributed by atoms with Crippen molar-refractivity contribution < 1.29 is 4.74 Å². The van der Waals surface area contributed by atoms with Crippen molar-refractivity contribution in [1.29, 1.82) is 0 Å². The van der Waals surface area contributed by atoms with E-state index in [0.29, 0.717) is 6.04 Å². The lowest BCUT2D eigenvalue weighted by atomic mass is 9.73. The lowest BCUT2D eigenvalue weighted by Gasteiger charge is -2.45. The minimum atomic E-state index is 0.0201. The maximum atomic E-state index is 6.39. The molecule has 2 heteroatoms. The van der Waals surface area contributed by atoms with Gasteiger partial charge in [0.1, 0.15) is 0 Å². The van der Waals surface area contributed by atoms with Crippen LogP contribution in [0.3, 0.4) is 0 Å². The molecular weight excluding hydrogens is 270 g/mol. The molecule has 22 heavy (non-hydrogen) atoms. The van der Waals surface area contributed by atoms with Gasteiger partial charge in [-0.05, 0) is 63.5 Å². The van der Waals surface area contributed by atoms with Crippen molar-refractivity contribution in [1.82, 2.24) is 5.32 Å². The maximum Gasteiger partial charge on any atom is 0.0838 e. The summed E-state index contributed by atoms with van der Waals surface area (Å²) < 4.78 is 6.39. The minimum Gasteiger partial charge on any atom is -0.374 e. The third kappa shape index (κ3) is 4.57. The standard InChI is InChI=1S/C20H33NO/c1-4-15-21-19(16-18-9-7-6-8-10-18)20(22-5-2)13-11-17(3)12-14-20/h6-10,17,19,21H,4-5,11-16H2,1-3H3. The summed E-state index contributed by atoms with van der Waals surface area (Å²) in [5.74, 6) is 0.845. The second kappa shape index (κ2) is 8.69. The molecule has 0 saturated heterocycles. The zero-order valence-corrected chi connectivity index (χ0v) is 14.6. The zero-order chi connectivity index (χ0) is 15.8. The third-order valence-electron chi connectivity index (χ3n) is 5.11. The van der Waals surface area contributed by atoms with Crippen LogP contribution in [0.4, 0.5) is 0 Å². The fraction of sp³-hybridized carbons (Fsp3) is 0.700. The van der Waals surface area contributed by atoms with Crippen molar-refractivity contribution in [2.75, 3.05) is 13.2 Å². The Kier molecular flexibility index (Phi) is 6.91. The predicted molar refractivity (Wildman–Crippen MR) is 94.2 cm³/mol. The maximum absolute atomic E-state index is 6.39. The van der Waals surface area contributed by atoms with Crippen molar-refractivity contribution in [2.24, 2.45) is 5.92 Å². The van der Waals surface area contributed by atoms with Crippen LogP contribution in [0.2, 0.25) is 0 Å². The lowest BCUT2D eigenvalue weighted by molar-refractivity contribution is -0.0960. The Morgan fingerprint density at radius 3 is 2.45 bits per heavy atom. The molecule has 0 bridgehead atoms. The van der Waals surface area contributed by atoms with Gasteiger partial charge in [0.05, 0.1) is 5.60 Å². The number of hydrogen-bond acceptors (Lipinski definition) is 2. The molecule has 0 aromatic heterocycles. The van der Waals surface area contributed by atoms with Crippen molar-refractivity contribution in [3.05, 3.63) is 35.9 Å². The molecule has 1 saturated carbocycles. The molecule has 1 aliphatic carbocycles. The van der Waals surface area contributed by atoms with E-state index in [1.165, 1.54) is 37.7 Å². The average Bonchev–Trinajstić information content (AvgIpc) is 2.55. The van der Waals surface area contributed by atoms with E-state index < -0.39 is 0 Å². The van der Waals surface area contributed by atoms with Crippen LogP contribution in [0, 0.1) is 5.92 Å². The van der Waals surface area contributed by atoms with Crippen molar-refractivity contribution in [2.45, 2.75) is 70.9 Å². The van der Waals surface area contributed by atoms with Crippen LogP contribution in [0.1, 0.15) is 58.4 Å². The van der Waals surface area contributed by atoms with Gasteiger partial charge in [-0.1, -0.05) is 44.2 Å². The van der Waals surface area contributed by atoms with Crippen LogP contribution < -0.4 is 5.32 Å². The second-order valence-electron chi connectivity index (χ2n) is 6.88. The van der Waals surface area contributed by atoms with E-state index >= 15 is 0 Å². The molecule has 1 atom stereocenters. The van der Waals surface area contributed by atoms with E-state index in [4.69, 9.17) is 4.74 Å². The molecule has 0 heterocycles. The van der Waals surface area contributed by atoms with Gasteiger partial charge in [0, 0.05) is 12.6 Å². The molecular formula is C20H33NO. The summed E-state index contributed by atoms with van der Waals surface area (Å²) in [5.41, 5.74) is 1.43. The molecule has 1 fully saturated rings. The van der Waals surface area contributed by atoms with Crippen molar-refractivity contribution in [3.8, 4) is 0 Å². The monoisotopic (exact) mass is 303 g/mol. The predicted octanol–water partition coefficient (Wildman–Crippen LogP) is 4.58. The van der Waals surface area contributed by atoms with Gasteiger partial charge < -0.3 is 10.1 Å². The normalized spacial score (nSPS) is 26.8. The number of benzene rings is 1. The number of rotatable bonds is 8. The Hall–Kier alpha value is -0.860. The Bertz CT molecular complexity index is 409. The van der Waals surface area contributed by atoms with Crippen LogP contribution >= 0.6 is 0 Å². The molecule has 1 aromatic carbocycles. The first-order chi connectivity index (χ1) is 10.7. The molecule has 0 amide bonds. The van der Waals surface area contributed by atoms with Crippen LogP contribution in [0.25, 0.3) is 0 Å². The highest BCUT2D eigenvalue weighted by Crippen LogP contribution is 2.38. The van der Waals surface area contributed by atoms with Gasteiger partial charge in [-0.2, -0.15) is 0 Å². The summed E-state index contributed by atoms with van der Waals surface area (Å²) in [6.45, 7) is 8.64. The summed E-state index contributed by atoms with van der Waals surface area (Å²) in [6.07, 6.45) is 7.20. The first-order valence-corrected chi connectivity index (χ1v) is 9.11. The van der Waals surface area contributed by atoms with Crippen LogP contribution in [-0.4, -0.2) is 24.8 Å². The van der Waals surface area contributed by atoms with Crippen LogP contribution in [0.5, 0.6) is 0 Å². The number of nitrogens with one attached hydrogen (secondary N) is 1. The summed E-state index contributed by atoms with van der Waals surface area (Å²) in [4.78, 5) is 0. The molecule has 124 valence electrons. The molecule has 0 spiro atoms. The highest BCUT2D eigenvalue weighted by atomic mass is 16.5. The van der Waals surface area contributed by atoms with E-state index in [1.54, 1.807) is 0 Å². The highest BCUT2D eigenvalue weighted by molar-refractivity contribution is 5.17. The molecule has 1 unspecified atom stereocenters. The largest absolute Gasteiger partial charge is 0.374 e. The van der Waals surface area contributed by atoms with Gasteiger partial charge in [-0.3, -0.25) is 0 Å². The van der Waals surface area contributed by atoms with Crippen LogP contribution in [-0.2, 0) is 11.2 Å². The topological polar surface area (TPSA) is 21.3 Å². The lowest BCUT2D eigenvalue weighted by Crippen LogP contribution is -2.55. The Morgan fingerprint density at radius 2 is 1.86 bits per heavy atom. The molecule has 2 nitrogen and oxygen atoms in total. The SMILES string of the molecule is CCCNC(Cc1ccccc1)C1(OCC)CCC(C)CC1. The van der Waals surface area contributed by atoms with Gasteiger partial charge in [-0.15, -0.1) is 0 Å². The van der Waals surface area contributed by atoms with E-state index in [-0.39, 0.29) is 5.60 Å². The smallest absolute Gasteiger partial charge is 0.0838 e. The highest BCUT2D eigenvalue weighted by Gasteiger charge is 2.41. The fourth-order valence-corrected chi connectivity index (χ4v) is 3.74. The quantitative estimate of drug-likeness (QED) is 0.759. The first kappa shape index (κ1) is 17.5. The average molecular weight is 303 g/mol. The fourth-order valence-electron chi connectivity index (χ4n) is 3.74. The molecule has 0 radical (unpaired) electrons. The summed E-state index contributed by atoms with van der Waals surface area (Å²) in [6, 6.07) is 11.3. The Morgan fingerprint density at radius 1 is 1.18 bits per heavy atom. The van der Waals surface area contributed by atoms with Crippen molar-refractivity contribution in [3.63, 3.8) is 0 Å². The second-order valence-corrected chi connectivity index (χ2v) is 6.88.